The van der Waals surface area contributed by atoms with Gasteiger partial charge in [-0.1, -0.05) is 6.07 Å². The predicted octanol–water partition coefficient (Wildman–Crippen LogP) is 1.78. The molecule has 0 unspecified atom stereocenters. The molecule has 0 saturated carbocycles. The van der Waals surface area contributed by atoms with Crippen LogP contribution in [0.4, 0.5) is 21.6 Å². The first kappa shape index (κ1) is 15.2. The van der Waals surface area contributed by atoms with E-state index in [1.807, 2.05) is 24.3 Å². The molecule has 1 amide bonds. The van der Waals surface area contributed by atoms with E-state index in [0.29, 0.717) is 17.3 Å². The molecule has 0 spiro atoms. The van der Waals surface area contributed by atoms with E-state index in [4.69, 9.17) is 4.74 Å². The summed E-state index contributed by atoms with van der Waals surface area (Å²) >= 11 is 0. The highest BCUT2D eigenvalue weighted by Crippen LogP contribution is 2.25. The lowest BCUT2D eigenvalue weighted by molar-refractivity contribution is 0.0935. The Morgan fingerprint density at radius 2 is 2.24 bits per heavy atom. The smallest absolute Gasteiger partial charge is 0.274 e. The van der Waals surface area contributed by atoms with Gasteiger partial charge < -0.3 is 20.7 Å². The number of hydrogen-bond donors (Lipinski definition) is 3. The number of rotatable bonds is 1. The number of nitrogens with one attached hydrogen (secondary N) is 3. The molecular weight excluding hydrogens is 327 g/mol. The summed E-state index contributed by atoms with van der Waals surface area (Å²) in [4.78, 5) is 16.2. The van der Waals surface area contributed by atoms with Gasteiger partial charge in [0.05, 0.1) is 12.2 Å². The molecule has 25 heavy (non-hydrogen) atoms. The monoisotopic (exact) mass is 342 g/mol. The number of ether oxygens (including phenoxy) is 1. The van der Waals surface area contributed by atoms with Crippen molar-refractivity contribution in [3.05, 3.63) is 42.0 Å². The highest BCUT2D eigenvalue weighted by molar-refractivity contribution is 5.94. The van der Waals surface area contributed by atoms with Crippen LogP contribution >= 0.6 is 0 Å². The number of carbonyl (C=O) groups excluding carboxylic acids is 1. The van der Waals surface area contributed by atoms with Crippen LogP contribution in [0.15, 0.2) is 30.3 Å². The Balaban J connectivity index is 1.92. The minimum atomic E-state index is -0.880. The molecule has 1 aliphatic heterocycles. The van der Waals surface area contributed by atoms with Gasteiger partial charge in [0, 0.05) is 24.9 Å². The Hall–Kier alpha value is -3.36. The number of nitrogens with zero attached hydrogens (tertiary/aromatic N) is 3. The van der Waals surface area contributed by atoms with Crippen molar-refractivity contribution in [3.63, 3.8) is 0 Å². The Labute approximate surface area is 142 Å². The largest absolute Gasteiger partial charge is 0.492 e. The molecular formula is C16H15FN6O2. The number of hydrogen-bond acceptors (Lipinski definition) is 6. The summed E-state index contributed by atoms with van der Waals surface area (Å²) in [6.45, 7) is 0.479. The molecule has 0 fully saturated rings. The standard InChI is InChI=1S/C16H15FN6O2/c1-18-11-8-12-20-9-3-2-4-10(7-9)25-6-5-19-16(24)13-14(17)21-15(11)23(13)22-12/h2-4,7-8,18H,5-6H2,1H3,(H,19,24)(H,20,22). The van der Waals surface area contributed by atoms with Crippen LogP contribution in [0.1, 0.15) is 10.5 Å². The van der Waals surface area contributed by atoms with Gasteiger partial charge in [-0.05, 0) is 12.1 Å². The molecule has 8 nitrogen and oxygen atoms in total. The van der Waals surface area contributed by atoms with Gasteiger partial charge in [-0.15, -0.1) is 5.10 Å². The van der Waals surface area contributed by atoms with Gasteiger partial charge in [0.1, 0.15) is 12.4 Å². The molecule has 3 aromatic rings. The van der Waals surface area contributed by atoms with Crippen LogP contribution in [0, 0.1) is 5.95 Å². The molecule has 128 valence electrons. The van der Waals surface area contributed by atoms with E-state index in [9.17, 15) is 9.18 Å². The van der Waals surface area contributed by atoms with Crippen molar-refractivity contribution >= 4 is 28.7 Å². The van der Waals surface area contributed by atoms with E-state index in [0.717, 1.165) is 5.69 Å². The topological polar surface area (TPSA) is 92.6 Å². The SMILES string of the molecule is CNc1cc2nn3c(c(F)nc13)C(=O)NCCOc1cccc(c1)N2. The minimum Gasteiger partial charge on any atom is -0.492 e. The Morgan fingerprint density at radius 1 is 1.36 bits per heavy atom. The third-order valence-corrected chi connectivity index (χ3v) is 3.79. The normalized spacial score (nSPS) is 13.9. The first-order valence-corrected chi connectivity index (χ1v) is 7.71. The first-order chi connectivity index (χ1) is 12.2. The zero-order valence-corrected chi connectivity index (χ0v) is 13.3. The maximum atomic E-state index is 14.3. The van der Waals surface area contributed by atoms with Crippen molar-refractivity contribution in [1.82, 2.24) is 19.9 Å². The number of halogens is 1. The van der Waals surface area contributed by atoms with Crippen molar-refractivity contribution in [3.8, 4) is 5.75 Å². The summed E-state index contributed by atoms with van der Waals surface area (Å²) in [5, 5.41) is 13.0. The molecule has 4 bridgehead atoms. The Kier molecular flexibility index (Phi) is 3.60. The molecule has 1 aliphatic rings. The van der Waals surface area contributed by atoms with E-state index >= 15 is 0 Å². The van der Waals surface area contributed by atoms with Gasteiger partial charge in [0.15, 0.2) is 17.2 Å². The number of fused-ring (bicyclic) bond motifs is 3. The van der Waals surface area contributed by atoms with Crippen molar-refractivity contribution < 1.29 is 13.9 Å². The maximum absolute atomic E-state index is 14.3. The van der Waals surface area contributed by atoms with Gasteiger partial charge in [-0.2, -0.15) is 9.37 Å². The zero-order chi connectivity index (χ0) is 17.4. The van der Waals surface area contributed by atoms with Crippen LogP contribution in [0.3, 0.4) is 0 Å². The van der Waals surface area contributed by atoms with E-state index in [1.165, 1.54) is 4.52 Å². The fourth-order valence-corrected chi connectivity index (χ4v) is 2.66. The van der Waals surface area contributed by atoms with Crippen LogP contribution in [-0.2, 0) is 0 Å². The van der Waals surface area contributed by atoms with Crippen LogP contribution in [0.2, 0.25) is 0 Å². The molecule has 9 heteroatoms. The lowest BCUT2D eigenvalue weighted by Gasteiger charge is -2.10. The molecule has 4 rings (SSSR count). The van der Waals surface area contributed by atoms with Crippen molar-refractivity contribution in [2.45, 2.75) is 0 Å². The third-order valence-electron chi connectivity index (χ3n) is 3.79. The lowest BCUT2D eigenvalue weighted by atomic mass is 10.3. The summed E-state index contributed by atoms with van der Waals surface area (Å²) < 4.78 is 21.1. The van der Waals surface area contributed by atoms with Crippen LogP contribution < -0.4 is 20.7 Å². The highest BCUT2D eigenvalue weighted by atomic mass is 19.1. The van der Waals surface area contributed by atoms with Gasteiger partial charge >= 0.3 is 0 Å². The zero-order valence-electron chi connectivity index (χ0n) is 13.3. The fourth-order valence-electron chi connectivity index (χ4n) is 2.66. The molecule has 0 radical (unpaired) electrons. The molecule has 0 atom stereocenters. The number of carbonyl (C=O) groups is 1. The van der Waals surface area contributed by atoms with Gasteiger partial charge in [0.25, 0.3) is 5.91 Å². The number of benzene rings is 1. The average Bonchev–Trinajstić information content (AvgIpc) is 2.93. The molecule has 0 saturated heterocycles. The maximum Gasteiger partial charge on any atom is 0.274 e. The molecule has 3 heterocycles. The van der Waals surface area contributed by atoms with Gasteiger partial charge in [-0.3, -0.25) is 4.79 Å². The predicted molar refractivity (Wildman–Crippen MR) is 90.0 cm³/mol. The van der Waals surface area contributed by atoms with E-state index < -0.39 is 11.9 Å². The number of aromatic nitrogens is 3. The number of anilines is 3. The third kappa shape index (κ3) is 2.69. The molecule has 3 N–H and O–H groups in total. The minimum absolute atomic E-state index is 0.224. The van der Waals surface area contributed by atoms with Crippen molar-refractivity contribution in [2.75, 3.05) is 30.8 Å². The van der Waals surface area contributed by atoms with E-state index in [2.05, 4.69) is 26.0 Å². The second-order valence-corrected chi connectivity index (χ2v) is 5.44. The van der Waals surface area contributed by atoms with Crippen LogP contribution in [0.25, 0.3) is 5.65 Å². The van der Waals surface area contributed by atoms with Gasteiger partial charge in [-0.25, -0.2) is 4.52 Å². The molecule has 0 aliphatic carbocycles. The summed E-state index contributed by atoms with van der Waals surface area (Å²) in [6, 6.07) is 9.03. The fraction of sp³-hybridized carbons (Fsp3) is 0.188. The number of imidazole rings is 1. The molecule has 2 aromatic heterocycles. The molecule has 1 aromatic carbocycles. The highest BCUT2D eigenvalue weighted by Gasteiger charge is 2.23. The lowest BCUT2D eigenvalue weighted by Crippen LogP contribution is -2.30. The van der Waals surface area contributed by atoms with Gasteiger partial charge in [0.2, 0.25) is 5.95 Å². The first-order valence-electron chi connectivity index (χ1n) is 7.71. The second kappa shape index (κ2) is 5.93. The van der Waals surface area contributed by atoms with Crippen LogP contribution in [0.5, 0.6) is 5.75 Å². The number of amides is 1. The van der Waals surface area contributed by atoms with Crippen LogP contribution in [-0.4, -0.2) is 40.7 Å². The summed E-state index contributed by atoms with van der Waals surface area (Å²) in [7, 11) is 1.69. The second-order valence-electron chi connectivity index (χ2n) is 5.44. The summed E-state index contributed by atoms with van der Waals surface area (Å²) in [5.74, 6) is -0.401. The Morgan fingerprint density at radius 3 is 3.08 bits per heavy atom. The summed E-state index contributed by atoms with van der Waals surface area (Å²) in [6.07, 6.45) is 0. The van der Waals surface area contributed by atoms with Crippen molar-refractivity contribution in [1.29, 1.82) is 0 Å². The van der Waals surface area contributed by atoms with E-state index in [1.54, 1.807) is 13.1 Å². The average molecular weight is 342 g/mol. The quantitative estimate of drug-likeness (QED) is 0.624. The van der Waals surface area contributed by atoms with E-state index in [-0.39, 0.29) is 24.5 Å². The summed E-state index contributed by atoms with van der Waals surface area (Å²) in [5.41, 5.74) is 1.28. The Bertz CT molecular complexity index is 971. The van der Waals surface area contributed by atoms with Crippen molar-refractivity contribution in [2.24, 2.45) is 0 Å².